The molecule has 6 heteroatoms. The summed E-state index contributed by atoms with van der Waals surface area (Å²) in [7, 11) is 0. The van der Waals surface area contributed by atoms with Crippen LogP contribution in [0.4, 0.5) is 0 Å². The van der Waals surface area contributed by atoms with Crippen LogP contribution in [-0.2, 0) is 14.3 Å². The lowest BCUT2D eigenvalue weighted by Gasteiger charge is -2.05. The molecule has 0 spiro atoms. The third-order valence-corrected chi connectivity index (χ3v) is 4.83. The molecule has 0 amide bonds. The molecule has 0 radical (unpaired) electrons. The highest BCUT2D eigenvalue weighted by Crippen LogP contribution is 2.22. The van der Waals surface area contributed by atoms with E-state index in [-0.39, 0.29) is 5.97 Å². The minimum Gasteiger partial charge on any atom is -0.478 e. The largest absolute Gasteiger partial charge is 0.478 e. The van der Waals surface area contributed by atoms with Gasteiger partial charge in [0.25, 0.3) is 0 Å². The first-order valence-electron chi connectivity index (χ1n) is 11.9. The molecule has 0 saturated carbocycles. The Bertz CT molecular complexity index is 1330. The average molecular weight is 509 g/mol. The molecule has 0 atom stereocenters. The Morgan fingerprint density at radius 3 is 1.39 bits per heavy atom. The lowest BCUT2D eigenvalue weighted by molar-refractivity contribution is -0.137. The molecule has 0 aliphatic rings. The fraction of sp³-hybridized carbons (Fsp3) is 0.0625. The Balaban J connectivity index is 0.000000212. The molecule has 0 aromatic heterocycles. The number of carbonyl (C=O) groups excluding carboxylic acids is 1. The summed E-state index contributed by atoms with van der Waals surface area (Å²) in [6, 6.07) is 33.7. The van der Waals surface area contributed by atoms with Gasteiger partial charge in [-0.15, -0.1) is 0 Å². The van der Waals surface area contributed by atoms with Crippen LogP contribution < -0.4 is 9.47 Å². The molecule has 0 heterocycles. The van der Waals surface area contributed by atoms with Crippen LogP contribution in [0.25, 0.3) is 12.2 Å². The van der Waals surface area contributed by atoms with E-state index in [0.717, 1.165) is 34.5 Å². The normalized spacial score (nSPS) is 10.4. The van der Waals surface area contributed by atoms with Crippen molar-refractivity contribution >= 4 is 24.1 Å². The third-order valence-electron chi connectivity index (χ3n) is 4.83. The Labute approximate surface area is 222 Å². The Hall–Kier alpha value is -5.10. The highest BCUT2D eigenvalue weighted by Gasteiger charge is 1.98. The first-order valence-corrected chi connectivity index (χ1v) is 11.9. The van der Waals surface area contributed by atoms with Crippen molar-refractivity contribution in [1.29, 1.82) is 0 Å². The molecule has 0 saturated heterocycles. The van der Waals surface area contributed by atoms with Crippen molar-refractivity contribution in [1.82, 2.24) is 0 Å². The van der Waals surface area contributed by atoms with Crippen LogP contribution in [0.1, 0.15) is 18.1 Å². The Morgan fingerprint density at radius 2 is 1.00 bits per heavy atom. The molecule has 4 aromatic rings. The van der Waals surface area contributed by atoms with Gasteiger partial charge in [0, 0.05) is 12.2 Å². The third kappa shape index (κ3) is 10.3. The van der Waals surface area contributed by atoms with E-state index in [0.29, 0.717) is 12.4 Å². The van der Waals surface area contributed by atoms with Crippen LogP contribution in [0.15, 0.2) is 121 Å². The molecule has 1 N–H and O–H groups in total. The van der Waals surface area contributed by atoms with Gasteiger partial charge in [-0.25, -0.2) is 9.59 Å². The zero-order valence-electron chi connectivity index (χ0n) is 20.9. The number of carboxylic acids is 1. The van der Waals surface area contributed by atoms with Crippen LogP contribution in [0.3, 0.4) is 0 Å². The van der Waals surface area contributed by atoms with E-state index >= 15 is 0 Å². The maximum absolute atomic E-state index is 11.2. The summed E-state index contributed by atoms with van der Waals surface area (Å²) in [5, 5.41) is 8.51. The summed E-state index contributed by atoms with van der Waals surface area (Å²) < 4.78 is 16.1. The van der Waals surface area contributed by atoms with Gasteiger partial charge in [0.1, 0.15) is 23.0 Å². The van der Waals surface area contributed by atoms with Gasteiger partial charge < -0.3 is 19.3 Å². The number of aliphatic carboxylic acids is 1. The smallest absolute Gasteiger partial charge is 0.330 e. The van der Waals surface area contributed by atoms with Gasteiger partial charge in [-0.1, -0.05) is 60.7 Å². The second-order valence-corrected chi connectivity index (χ2v) is 7.73. The minimum atomic E-state index is -0.959. The standard InChI is InChI=1S/C17H16O3.C15H12O3/c1-2-19-17(18)13-10-14-8-11-16(12-9-14)20-15-6-4-3-5-7-15;16-15(17)11-8-12-6-9-14(10-7-12)18-13-4-2-1-3-5-13/h3-13H,2H2,1H3;1-11H,(H,16,17). The van der Waals surface area contributed by atoms with Crippen molar-refractivity contribution in [3.63, 3.8) is 0 Å². The highest BCUT2D eigenvalue weighted by atomic mass is 16.5. The first-order chi connectivity index (χ1) is 18.5. The molecular formula is C32H28O6. The quantitative estimate of drug-likeness (QED) is 0.185. The molecule has 6 nitrogen and oxygen atoms in total. The van der Waals surface area contributed by atoms with Crippen molar-refractivity contribution in [2.45, 2.75) is 6.92 Å². The van der Waals surface area contributed by atoms with Crippen molar-refractivity contribution in [3.8, 4) is 23.0 Å². The number of carboxylic acid groups (broad SMARTS) is 1. The molecule has 4 rings (SSSR count). The fourth-order valence-electron chi connectivity index (χ4n) is 3.07. The molecule has 192 valence electrons. The SMILES string of the molecule is CCOC(=O)C=Cc1ccc(Oc2ccccc2)cc1.O=C(O)C=Cc1ccc(Oc2ccccc2)cc1. The van der Waals surface area contributed by atoms with Crippen molar-refractivity contribution in [2.24, 2.45) is 0 Å². The summed E-state index contributed by atoms with van der Waals surface area (Å²) in [4.78, 5) is 21.6. The van der Waals surface area contributed by atoms with Crippen molar-refractivity contribution in [2.75, 3.05) is 6.61 Å². The van der Waals surface area contributed by atoms with E-state index < -0.39 is 5.97 Å². The summed E-state index contributed by atoms with van der Waals surface area (Å²) in [6.07, 6.45) is 5.77. The Morgan fingerprint density at radius 1 is 0.605 bits per heavy atom. The van der Waals surface area contributed by atoms with Crippen LogP contribution in [-0.4, -0.2) is 23.7 Å². The number of benzene rings is 4. The lowest BCUT2D eigenvalue weighted by Crippen LogP contribution is -1.98. The van der Waals surface area contributed by atoms with Gasteiger partial charge in [-0.2, -0.15) is 0 Å². The van der Waals surface area contributed by atoms with E-state index in [4.69, 9.17) is 19.3 Å². The molecule has 0 aliphatic carbocycles. The maximum atomic E-state index is 11.2. The minimum absolute atomic E-state index is 0.336. The van der Waals surface area contributed by atoms with E-state index in [1.807, 2.05) is 84.9 Å². The van der Waals surface area contributed by atoms with Gasteiger partial charge in [-0.3, -0.25) is 0 Å². The number of ether oxygens (including phenoxy) is 3. The molecule has 38 heavy (non-hydrogen) atoms. The predicted molar refractivity (Wildman–Crippen MR) is 148 cm³/mol. The topological polar surface area (TPSA) is 82.1 Å². The number of hydrogen-bond acceptors (Lipinski definition) is 5. The van der Waals surface area contributed by atoms with E-state index in [9.17, 15) is 9.59 Å². The molecule has 0 aliphatic heterocycles. The average Bonchev–Trinajstić information content (AvgIpc) is 2.94. The van der Waals surface area contributed by atoms with Gasteiger partial charge >= 0.3 is 11.9 Å². The monoisotopic (exact) mass is 508 g/mol. The maximum Gasteiger partial charge on any atom is 0.330 e. The van der Waals surface area contributed by atoms with E-state index in [2.05, 4.69) is 0 Å². The second kappa shape index (κ2) is 15.1. The summed E-state index contributed by atoms with van der Waals surface area (Å²) in [5.74, 6) is 1.74. The molecule has 4 aromatic carbocycles. The zero-order valence-corrected chi connectivity index (χ0v) is 20.9. The second-order valence-electron chi connectivity index (χ2n) is 7.73. The summed E-state index contributed by atoms with van der Waals surface area (Å²) >= 11 is 0. The van der Waals surface area contributed by atoms with Crippen LogP contribution in [0, 0.1) is 0 Å². The number of esters is 1. The summed E-state index contributed by atoms with van der Waals surface area (Å²) in [6.45, 7) is 2.16. The lowest BCUT2D eigenvalue weighted by atomic mass is 10.2. The van der Waals surface area contributed by atoms with E-state index in [1.54, 1.807) is 37.3 Å². The van der Waals surface area contributed by atoms with Gasteiger partial charge in [0.15, 0.2) is 0 Å². The number of rotatable bonds is 9. The number of carbonyl (C=O) groups is 2. The highest BCUT2D eigenvalue weighted by molar-refractivity contribution is 5.87. The van der Waals surface area contributed by atoms with Gasteiger partial charge in [-0.05, 0) is 78.7 Å². The van der Waals surface area contributed by atoms with Crippen LogP contribution >= 0.6 is 0 Å². The molecule has 0 fully saturated rings. The molecule has 0 bridgehead atoms. The first kappa shape index (κ1) is 27.5. The zero-order chi connectivity index (χ0) is 27.0. The number of hydrogen-bond donors (Lipinski definition) is 1. The molecule has 0 unspecified atom stereocenters. The van der Waals surface area contributed by atoms with Crippen molar-refractivity contribution < 1.29 is 28.9 Å². The van der Waals surface area contributed by atoms with Crippen LogP contribution in [0.5, 0.6) is 23.0 Å². The van der Waals surface area contributed by atoms with Crippen LogP contribution in [0.2, 0.25) is 0 Å². The Kier molecular flexibility index (Phi) is 10.9. The van der Waals surface area contributed by atoms with Gasteiger partial charge in [0.05, 0.1) is 6.61 Å². The van der Waals surface area contributed by atoms with Crippen molar-refractivity contribution in [3.05, 3.63) is 132 Å². The summed E-state index contributed by atoms with van der Waals surface area (Å²) in [5.41, 5.74) is 1.73. The van der Waals surface area contributed by atoms with Gasteiger partial charge in [0.2, 0.25) is 0 Å². The predicted octanol–water partition coefficient (Wildman–Crippen LogP) is 7.63. The number of para-hydroxylation sites is 2. The molecular weight excluding hydrogens is 480 g/mol. The fourth-order valence-corrected chi connectivity index (χ4v) is 3.07. The van der Waals surface area contributed by atoms with E-state index in [1.165, 1.54) is 12.2 Å².